The number of nitrogens with zero attached hydrogens (tertiary/aromatic N) is 3. The summed E-state index contributed by atoms with van der Waals surface area (Å²) in [5.74, 6) is 0. The van der Waals surface area contributed by atoms with Crippen LogP contribution in [0.5, 0.6) is 0 Å². The Labute approximate surface area is 78.3 Å². The first-order valence-electron chi connectivity index (χ1n) is 3.73. The molecule has 0 fully saturated rings. The second-order valence-corrected chi connectivity index (χ2v) is 3.85. The summed E-state index contributed by atoms with van der Waals surface area (Å²) in [5.41, 5.74) is 0.920. The van der Waals surface area contributed by atoms with E-state index in [-0.39, 0.29) is 0 Å². The van der Waals surface area contributed by atoms with Gasteiger partial charge in [-0.3, -0.25) is 4.90 Å². The normalized spacial score (nSPS) is 24.1. The molecule has 5 heteroatoms. The number of halogens is 2. The van der Waals surface area contributed by atoms with Crippen molar-refractivity contribution in [1.82, 2.24) is 14.7 Å². The van der Waals surface area contributed by atoms with Crippen LogP contribution in [0.15, 0.2) is 10.7 Å². The molecule has 0 saturated heterocycles. The Morgan fingerprint density at radius 1 is 1.75 bits per heavy atom. The van der Waals surface area contributed by atoms with Crippen molar-refractivity contribution in [2.45, 2.75) is 12.8 Å². The average molecular weight is 234 g/mol. The Bertz CT molecular complexity index is 299. The molecular weight excluding hydrogens is 225 g/mol. The molecule has 0 radical (unpaired) electrons. The molecule has 2 heterocycles. The monoisotopic (exact) mass is 233 g/mol. The predicted molar refractivity (Wildman–Crippen MR) is 46.4 cm³/mol. The number of fused-ring (bicyclic) bond motifs is 1. The summed E-state index contributed by atoms with van der Waals surface area (Å²) < 4.78 is 15.4. The molecular formula is C7H9BrFN3. The van der Waals surface area contributed by atoms with Gasteiger partial charge in [0, 0.05) is 6.54 Å². The van der Waals surface area contributed by atoms with E-state index in [2.05, 4.69) is 21.0 Å². The van der Waals surface area contributed by atoms with Crippen molar-refractivity contribution in [3.8, 4) is 0 Å². The van der Waals surface area contributed by atoms with Crippen molar-refractivity contribution >= 4 is 15.9 Å². The van der Waals surface area contributed by atoms with Crippen molar-refractivity contribution in [2.75, 3.05) is 13.6 Å². The maximum Gasteiger partial charge on any atom is 0.204 e. The van der Waals surface area contributed by atoms with Gasteiger partial charge in [0.05, 0.1) is 12.2 Å². The van der Waals surface area contributed by atoms with E-state index in [1.54, 1.807) is 0 Å². The molecule has 0 aromatic carbocycles. The minimum atomic E-state index is -1.01. The Kier molecular flexibility index (Phi) is 1.92. The first-order valence-corrected chi connectivity index (χ1v) is 4.52. The Balaban J connectivity index is 2.40. The molecule has 1 aromatic rings. The molecule has 0 saturated carbocycles. The van der Waals surface area contributed by atoms with Crippen molar-refractivity contribution in [3.05, 3.63) is 16.4 Å². The van der Waals surface area contributed by atoms with E-state index < -0.39 is 6.30 Å². The third-order valence-corrected chi connectivity index (χ3v) is 2.33. The molecule has 1 aliphatic heterocycles. The maximum atomic E-state index is 13.3. The summed E-state index contributed by atoms with van der Waals surface area (Å²) in [7, 11) is 1.90. The van der Waals surface area contributed by atoms with Gasteiger partial charge in [0.1, 0.15) is 4.60 Å². The summed E-state index contributed by atoms with van der Waals surface area (Å²) in [5, 5.41) is 4.00. The number of rotatable bonds is 0. The summed E-state index contributed by atoms with van der Waals surface area (Å²) >= 11 is 3.22. The Hall–Kier alpha value is -0.420. The number of aromatic nitrogens is 2. The molecule has 1 aliphatic rings. The van der Waals surface area contributed by atoms with Crippen LogP contribution in [0.25, 0.3) is 0 Å². The van der Waals surface area contributed by atoms with Gasteiger partial charge in [0.2, 0.25) is 6.30 Å². The number of alkyl halides is 1. The fourth-order valence-corrected chi connectivity index (χ4v) is 1.87. The second-order valence-electron chi connectivity index (χ2n) is 3.03. The lowest BCUT2D eigenvalue weighted by Gasteiger charge is -2.26. The van der Waals surface area contributed by atoms with Gasteiger partial charge in [0.25, 0.3) is 0 Å². The first kappa shape index (κ1) is 8.19. The summed E-state index contributed by atoms with van der Waals surface area (Å²) in [6, 6.07) is 1.85. The van der Waals surface area contributed by atoms with Crippen LogP contribution >= 0.6 is 15.9 Å². The third kappa shape index (κ3) is 1.27. The van der Waals surface area contributed by atoms with E-state index in [1.165, 1.54) is 4.68 Å². The van der Waals surface area contributed by atoms with E-state index in [1.807, 2.05) is 18.0 Å². The molecule has 0 amide bonds. The fourth-order valence-electron chi connectivity index (χ4n) is 1.44. The lowest BCUT2D eigenvalue weighted by molar-refractivity contribution is 0.109. The molecule has 0 N–H and O–H groups in total. The average Bonchev–Trinajstić information content (AvgIpc) is 2.29. The Morgan fingerprint density at radius 2 is 2.50 bits per heavy atom. The van der Waals surface area contributed by atoms with Crippen molar-refractivity contribution in [3.63, 3.8) is 0 Å². The number of likely N-dealkylation sites (N-methyl/N-ethyl adjacent to an activating group) is 1. The summed E-state index contributed by atoms with van der Waals surface area (Å²) in [6.45, 7) is 1.18. The van der Waals surface area contributed by atoms with Crippen molar-refractivity contribution < 1.29 is 4.39 Å². The van der Waals surface area contributed by atoms with E-state index in [4.69, 9.17) is 0 Å². The molecule has 1 atom stereocenters. The van der Waals surface area contributed by atoms with Crippen LogP contribution < -0.4 is 0 Å². The molecule has 66 valence electrons. The van der Waals surface area contributed by atoms with Crippen LogP contribution in [-0.4, -0.2) is 28.3 Å². The third-order valence-electron chi connectivity index (χ3n) is 1.94. The predicted octanol–water partition coefficient (Wildman–Crippen LogP) is 1.56. The van der Waals surface area contributed by atoms with Crippen LogP contribution in [-0.2, 0) is 6.54 Å². The highest BCUT2D eigenvalue weighted by molar-refractivity contribution is 9.10. The van der Waals surface area contributed by atoms with Crippen molar-refractivity contribution in [1.29, 1.82) is 0 Å². The molecule has 1 unspecified atom stereocenters. The smallest absolute Gasteiger partial charge is 0.204 e. The summed E-state index contributed by atoms with van der Waals surface area (Å²) in [4.78, 5) is 1.94. The first-order chi connectivity index (χ1) is 5.66. The van der Waals surface area contributed by atoms with Crippen LogP contribution in [0.1, 0.15) is 12.0 Å². The van der Waals surface area contributed by atoms with Gasteiger partial charge in [-0.1, -0.05) is 0 Å². The van der Waals surface area contributed by atoms with Gasteiger partial charge in [-0.2, -0.15) is 5.10 Å². The molecule has 0 spiro atoms. The minimum absolute atomic E-state index is 0.418. The lowest BCUT2D eigenvalue weighted by atomic mass is 10.3. The zero-order chi connectivity index (χ0) is 8.72. The topological polar surface area (TPSA) is 21.1 Å². The van der Waals surface area contributed by atoms with Crippen molar-refractivity contribution in [2.24, 2.45) is 0 Å². The standard InChI is InChI=1S/C7H9BrFN3/c1-11-3-5-2-6(8)10-12(5)7(9)4-11/h2,7H,3-4H2,1H3. The van der Waals surface area contributed by atoms with Gasteiger partial charge in [0.15, 0.2) is 0 Å². The zero-order valence-electron chi connectivity index (χ0n) is 6.67. The fraction of sp³-hybridized carbons (Fsp3) is 0.571. The van der Waals surface area contributed by atoms with E-state index in [0.29, 0.717) is 11.1 Å². The highest BCUT2D eigenvalue weighted by atomic mass is 79.9. The zero-order valence-corrected chi connectivity index (χ0v) is 8.25. The van der Waals surface area contributed by atoms with Crippen LogP contribution in [0.4, 0.5) is 4.39 Å². The number of hydrogen-bond donors (Lipinski definition) is 0. The highest BCUT2D eigenvalue weighted by Gasteiger charge is 2.23. The van der Waals surface area contributed by atoms with Crippen LogP contribution in [0.3, 0.4) is 0 Å². The molecule has 2 rings (SSSR count). The minimum Gasteiger partial charge on any atom is -0.296 e. The molecule has 0 bridgehead atoms. The van der Waals surface area contributed by atoms with Crippen LogP contribution in [0, 0.1) is 0 Å². The largest absolute Gasteiger partial charge is 0.296 e. The SMILES string of the molecule is CN1Cc2cc(Br)nn2C(F)C1. The number of hydrogen-bond acceptors (Lipinski definition) is 2. The van der Waals surface area contributed by atoms with E-state index in [0.717, 1.165) is 12.2 Å². The second kappa shape index (κ2) is 2.81. The Morgan fingerprint density at radius 3 is 3.25 bits per heavy atom. The molecule has 0 aliphatic carbocycles. The lowest BCUT2D eigenvalue weighted by Crippen LogP contribution is -2.32. The summed E-state index contributed by atoms with van der Waals surface area (Å²) in [6.07, 6.45) is -1.01. The quantitative estimate of drug-likeness (QED) is 0.679. The van der Waals surface area contributed by atoms with Gasteiger partial charge < -0.3 is 0 Å². The highest BCUT2D eigenvalue weighted by Crippen LogP contribution is 2.23. The molecule has 1 aromatic heterocycles. The van der Waals surface area contributed by atoms with Gasteiger partial charge in [-0.25, -0.2) is 9.07 Å². The molecule has 12 heavy (non-hydrogen) atoms. The van der Waals surface area contributed by atoms with E-state index >= 15 is 0 Å². The van der Waals surface area contributed by atoms with Gasteiger partial charge in [-0.15, -0.1) is 0 Å². The van der Waals surface area contributed by atoms with Crippen LogP contribution in [0.2, 0.25) is 0 Å². The van der Waals surface area contributed by atoms with Gasteiger partial charge in [-0.05, 0) is 29.0 Å². The van der Waals surface area contributed by atoms with E-state index in [9.17, 15) is 4.39 Å². The maximum absolute atomic E-state index is 13.3. The molecule has 3 nitrogen and oxygen atoms in total. The van der Waals surface area contributed by atoms with Gasteiger partial charge >= 0.3 is 0 Å².